The molecule has 0 N–H and O–H groups in total. The molecule has 0 unspecified atom stereocenters. The zero-order chi connectivity index (χ0) is 16.1. The van der Waals surface area contributed by atoms with Crippen LogP contribution < -0.4 is 4.74 Å². The van der Waals surface area contributed by atoms with Crippen LogP contribution in [0, 0.1) is 23.2 Å². The molecule has 0 radical (unpaired) electrons. The molecule has 1 aromatic heterocycles. The first-order valence-corrected chi connectivity index (χ1v) is 9.08. The second-order valence-corrected chi connectivity index (χ2v) is 8.11. The Labute approximate surface area is 141 Å². The summed E-state index contributed by atoms with van der Waals surface area (Å²) in [5.74, 6) is 3.16. The summed E-state index contributed by atoms with van der Waals surface area (Å²) in [6.07, 6.45) is 8.83. The van der Waals surface area contributed by atoms with E-state index in [0.29, 0.717) is 11.7 Å². The number of fused-ring (bicyclic) bond motifs is 1. The Morgan fingerprint density at radius 3 is 2.42 bits per heavy atom. The molecule has 4 bridgehead atoms. The van der Waals surface area contributed by atoms with Crippen molar-refractivity contribution in [3.8, 4) is 5.88 Å². The average Bonchev–Trinajstić information content (AvgIpc) is 2.58. The summed E-state index contributed by atoms with van der Waals surface area (Å²) in [7, 11) is 0. The molecule has 6 rings (SSSR count). The Hall–Kier alpha value is -1.97. The number of hydrogen-bond acceptors (Lipinski definition) is 4. The van der Waals surface area contributed by atoms with Crippen molar-refractivity contribution in [2.24, 2.45) is 23.2 Å². The normalized spacial score (nSPS) is 33.8. The van der Waals surface area contributed by atoms with E-state index in [1.807, 2.05) is 24.3 Å². The maximum Gasteiger partial charge on any atom is 0.224 e. The van der Waals surface area contributed by atoms with Crippen LogP contribution >= 0.6 is 0 Å². The SMILES string of the molecule is O=C(COc1ncnc2ccccc12)C12CC3CC(CC(C3)C1)C2. The minimum Gasteiger partial charge on any atom is -0.469 e. The van der Waals surface area contributed by atoms with Crippen molar-refractivity contribution in [3.05, 3.63) is 30.6 Å². The number of rotatable bonds is 4. The molecule has 0 atom stereocenters. The molecule has 4 aliphatic rings. The van der Waals surface area contributed by atoms with Gasteiger partial charge < -0.3 is 4.74 Å². The topological polar surface area (TPSA) is 52.1 Å². The van der Waals surface area contributed by atoms with Gasteiger partial charge in [0, 0.05) is 5.41 Å². The van der Waals surface area contributed by atoms with Crippen LogP contribution in [-0.4, -0.2) is 22.4 Å². The minimum absolute atomic E-state index is 0.0996. The number of ether oxygens (including phenoxy) is 1. The van der Waals surface area contributed by atoms with Gasteiger partial charge in [0.15, 0.2) is 5.78 Å². The molecule has 124 valence electrons. The van der Waals surface area contributed by atoms with Gasteiger partial charge in [-0.1, -0.05) is 12.1 Å². The van der Waals surface area contributed by atoms with E-state index in [2.05, 4.69) is 9.97 Å². The number of Topliss-reactive ketones (excluding diaryl/α,β-unsaturated/α-hetero) is 1. The van der Waals surface area contributed by atoms with Crippen LogP contribution in [0.4, 0.5) is 0 Å². The molecule has 4 aliphatic carbocycles. The summed E-state index contributed by atoms with van der Waals surface area (Å²) in [5.41, 5.74) is 0.752. The molecule has 0 amide bonds. The number of para-hydroxylation sites is 1. The number of aromatic nitrogens is 2. The Kier molecular flexibility index (Phi) is 3.15. The van der Waals surface area contributed by atoms with Crippen molar-refractivity contribution in [1.82, 2.24) is 9.97 Å². The first-order valence-electron chi connectivity index (χ1n) is 9.08. The summed E-state index contributed by atoms with van der Waals surface area (Å²) >= 11 is 0. The van der Waals surface area contributed by atoms with E-state index < -0.39 is 0 Å². The highest BCUT2D eigenvalue weighted by Crippen LogP contribution is 2.60. The van der Waals surface area contributed by atoms with Crippen molar-refractivity contribution < 1.29 is 9.53 Å². The fourth-order valence-corrected chi connectivity index (χ4v) is 5.83. The third-order valence-corrected chi connectivity index (χ3v) is 6.48. The lowest BCUT2D eigenvalue weighted by Gasteiger charge is -2.55. The van der Waals surface area contributed by atoms with E-state index in [1.165, 1.54) is 25.6 Å². The number of hydrogen-bond donors (Lipinski definition) is 0. The molecule has 2 aromatic rings. The van der Waals surface area contributed by atoms with E-state index in [9.17, 15) is 4.79 Å². The van der Waals surface area contributed by atoms with E-state index in [0.717, 1.165) is 47.9 Å². The molecule has 4 nitrogen and oxygen atoms in total. The van der Waals surface area contributed by atoms with Crippen molar-refractivity contribution in [1.29, 1.82) is 0 Å². The lowest BCUT2D eigenvalue weighted by atomic mass is 9.48. The smallest absolute Gasteiger partial charge is 0.224 e. The quantitative estimate of drug-likeness (QED) is 0.859. The number of carbonyl (C=O) groups excluding carboxylic acids is 1. The van der Waals surface area contributed by atoms with Gasteiger partial charge in [0.25, 0.3) is 0 Å². The van der Waals surface area contributed by atoms with E-state index in [1.54, 1.807) is 0 Å². The third-order valence-electron chi connectivity index (χ3n) is 6.48. The Morgan fingerprint density at radius 1 is 1.04 bits per heavy atom. The first kappa shape index (κ1) is 14.4. The molecular formula is C20H22N2O2. The Bertz CT molecular complexity index is 761. The van der Waals surface area contributed by atoms with Gasteiger partial charge in [-0.25, -0.2) is 9.97 Å². The maximum absolute atomic E-state index is 13.0. The number of nitrogens with zero attached hydrogens (tertiary/aromatic N) is 2. The van der Waals surface area contributed by atoms with Gasteiger partial charge in [-0.15, -0.1) is 0 Å². The standard InChI is InChI=1S/C20H22N2O2/c23-18(20-8-13-5-14(9-20)7-15(6-13)10-20)11-24-19-16-3-1-2-4-17(16)21-12-22-19/h1-4,12-15H,5-11H2. The largest absolute Gasteiger partial charge is 0.469 e. The number of ketones is 1. The summed E-state index contributed by atoms with van der Waals surface area (Å²) in [6.45, 7) is 0.146. The van der Waals surface area contributed by atoms with Crippen LogP contribution in [0.15, 0.2) is 30.6 Å². The van der Waals surface area contributed by atoms with Crippen LogP contribution in [0.2, 0.25) is 0 Å². The lowest BCUT2D eigenvalue weighted by molar-refractivity contribution is -0.146. The van der Waals surface area contributed by atoms with Crippen LogP contribution in [-0.2, 0) is 4.79 Å². The predicted octanol–water partition coefficient (Wildman–Crippen LogP) is 3.79. The molecule has 4 heteroatoms. The maximum atomic E-state index is 13.0. The zero-order valence-corrected chi connectivity index (χ0v) is 13.8. The van der Waals surface area contributed by atoms with Gasteiger partial charge in [0.2, 0.25) is 5.88 Å². The molecule has 0 saturated heterocycles. The summed E-state index contributed by atoms with van der Waals surface area (Å²) in [5, 5.41) is 0.873. The fourth-order valence-electron chi connectivity index (χ4n) is 5.83. The third kappa shape index (κ3) is 2.23. The predicted molar refractivity (Wildman–Crippen MR) is 90.6 cm³/mol. The van der Waals surface area contributed by atoms with Gasteiger partial charge in [0.1, 0.15) is 12.9 Å². The highest BCUT2D eigenvalue weighted by Gasteiger charge is 2.54. The van der Waals surface area contributed by atoms with Crippen LogP contribution in [0.3, 0.4) is 0 Å². The molecule has 0 aliphatic heterocycles. The minimum atomic E-state index is -0.0996. The molecule has 4 saturated carbocycles. The molecular weight excluding hydrogens is 300 g/mol. The lowest BCUT2D eigenvalue weighted by Crippen LogP contribution is -2.51. The molecule has 24 heavy (non-hydrogen) atoms. The summed E-state index contributed by atoms with van der Waals surface area (Å²) in [4.78, 5) is 21.5. The van der Waals surface area contributed by atoms with Crippen molar-refractivity contribution in [2.75, 3.05) is 6.61 Å². The van der Waals surface area contributed by atoms with Crippen LogP contribution in [0.1, 0.15) is 38.5 Å². The molecule has 0 spiro atoms. The summed E-state index contributed by atoms with van der Waals surface area (Å²) < 4.78 is 5.87. The number of carbonyl (C=O) groups is 1. The van der Waals surface area contributed by atoms with E-state index >= 15 is 0 Å². The van der Waals surface area contributed by atoms with Crippen LogP contribution in [0.25, 0.3) is 10.9 Å². The molecule has 4 fully saturated rings. The fraction of sp³-hybridized carbons (Fsp3) is 0.550. The Balaban J connectivity index is 1.36. The van der Waals surface area contributed by atoms with Crippen molar-refractivity contribution in [2.45, 2.75) is 38.5 Å². The number of benzene rings is 1. The average molecular weight is 322 g/mol. The monoisotopic (exact) mass is 322 g/mol. The van der Waals surface area contributed by atoms with E-state index in [-0.39, 0.29) is 12.0 Å². The summed E-state index contributed by atoms with van der Waals surface area (Å²) in [6, 6.07) is 7.77. The Morgan fingerprint density at radius 2 is 1.71 bits per heavy atom. The van der Waals surface area contributed by atoms with Gasteiger partial charge in [-0.3, -0.25) is 4.79 Å². The second kappa shape index (κ2) is 5.27. The molecule has 1 aromatic carbocycles. The molecule has 1 heterocycles. The highest BCUT2D eigenvalue weighted by atomic mass is 16.5. The van der Waals surface area contributed by atoms with Crippen molar-refractivity contribution >= 4 is 16.7 Å². The second-order valence-electron chi connectivity index (χ2n) is 8.11. The van der Waals surface area contributed by atoms with Gasteiger partial charge in [-0.05, 0) is 68.4 Å². The van der Waals surface area contributed by atoms with Crippen LogP contribution in [0.5, 0.6) is 5.88 Å². The van der Waals surface area contributed by atoms with Crippen molar-refractivity contribution in [3.63, 3.8) is 0 Å². The first-order chi connectivity index (χ1) is 11.7. The van der Waals surface area contributed by atoms with Gasteiger partial charge in [-0.2, -0.15) is 0 Å². The van der Waals surface area contributed by atoms with Gasteiger partial charge >= 0.3 is 0 Å². The zero-order valence-electron chi connectivity index (χ0n) is 13.8. The van der Waals surface area contributed by atoms with E-state index in [4.69, 9.17) is 4.74 Å². The highest BCUT2D eigenvalue weighted by molar-refractivity contribution is 5.88. The van der Waals surface area contributed by atoms with Gasteiger partial charge in [0.05, 0.1) is 10.9 Å².